The Balaban J connectivity index is 1.29. The number of imide groups is 1. The summed E-state index contributed by atoms with van der Waals surface area (Å²) in [7, 11) is 0. The SMILES string of the molecule is C[C@@]1(CCc2ccccc2)NC(=O)N(NC(=O)CNC(=O)c2ccc(-c3ccccc3)cc2)C1=O. The lowest BCUT2D eigenvalue weighted by Crippen LogP contribution is -2.51. The topological polar surface area (TPSA) is 108 Å². The summed E-state index contributed by atoms with van der Waals surface area (Å²) in [6.45, 7) is 1.24. The molecular formula is C27H26N4O4. The van der Waals surface area contributed by atoms with Crippen LogP contribution in [-0.2, 0) is 16.0 Å². The van der Waals surface area contributed by atoms with E-state index >= 15 is 0 Å². The van der Waals surface area contributed by atoms with Gasteiger partial charge in [-0.1, -0.05) is 72.8 Å². The van der Waals surface area contributed by atoms with Crippen molar-refractivity contribution in [2.75, 3.05) is 6.54 Å². The van der Waals surface area contributed by atoms with Gasteiger partial charge in [-0.2, -0.15) is 5.01 Å². The molecule has 1 atom stereocenters. The van der Waals surface area contributed by atoms with Crippen molar-refractivity contribution >= 4 is 23.8 Å². The third kappa shape index (κ3) is 5.55. The van der Waals surface area contributed by atoms with Crippen LogP contribution in [0.1, 0.15) is 29.3 Å². The Morgan fingerprint density at radius 3 is 2.11 bits per heavy atom. The lowest BCUT2D eigenvalue weighted by atomic mass is 9.93. The Labute approximate surface area is 203 Å². The Kier molecular flexibility index (Phi) is 6.91. The number of carbonyl (C=O) groups excluding carboxylic acids is 4. The molecule has 0 saturated carbocycles. The highest BCUT2D eigenvalue weighted by Gasteiger charge is 2.48. The van der Waals surface area contributed by atoms with Crippen LogP contribution >= 0.6 is 0 Å². The average molecular weight is 471 g/mol. The van der Waals surface area contributed by atoms with E-state index in [1.165, 1.54) is 0 Å². The highest BCUT2D eigenvalue weighted by atomic mass is 16.2. The maximum absolute atomic E-state index is 12.8. The number of benzene rings is 3. The summed E-state index contributed by atoms with van der Waals surface area (Å²) < 4.78 is 0. The minimum Gasteiger partial charge on any atom is -0.343 e. The summed E-state index contributed by atoms with van der Waals surface area (Å²) in [5.74, 6) is -1.67. The van der Waals surface area contributed by atoms with Crippen molar-refractivity contribution in [1.29, 1.82) is 0 Å². The maximum Gasteiger partial charge on any atom is 0.344 e. The van der Waals surface area contributed by atoms with E-state index in [0.717, 1.165) is 16.7 Å². The molecule has 3 aromatic rings. The minimum atomic E-state index is -1.13. The first-order chi connectivity index (χ1) is 16.9. The van der Waals surface area contributed by atoms with E-state index in [9.17, 15) is 19.2 Å². The van der Waals surface area contributed by atoms with Gasteiger partial charge in [-0.3, -0.25) is 19.8 Å². The van der Waals surface area contributed by atoms with E-state index in [1.54, 1.807) is 19.1 Å². The van der Waals surface area contributed by atoms with Gasteiger partial charge < -0.3 is 10.6 Å². The molecule has 0 radical (unpaired) electrons. The van der Waals surface area contributed by atoms with Crippen molar-refractivity contribution in [2.24, 2.45) is 0 Å². The first kappa shape index (κ1) is 23.7. The standard InChI is InChI=1S/C27H26N4O4/c1-27(17-16-19-8-4-2-5-9-19)25(34)31(26(35)29-27)30-23(32)18-28-24(33)22-14-12-21(13-15-22)20-10-6-3-7-11-20/h2-15H,16-18H2,1H3,(H,28,33)(H,29,35)(H,30,32)/t27-/m0/s1. The van der Waals surface area contributed by atoms with Gasteiger partial charge in [0.1, 0.15) is 5.54 Å². The van der Waals surface area contributed by atoms with Crippen LogP contribution in [0, 0.1) is 0 Å². The second kappa shape index (κ2) is 10.2. The van der Waals surface area contributed by atoms with Gasteiger partial charge >= 0.3 is 6.03 Å². The number of urea groups is 1. The molecule has 3 aromatic carbocycles. The van der Waals surface area contributed by atoms with Crippen LogP contribution in [0.3, 0.4) is 0 Å². The quantitative estimate of drug-likeness (QED) is 0.440. The third-order valence-electron chi connectivity index (χ3n) is 5.92. The average Bonchev–Trinajstić information content (AvgIpc) is 3.10. The van der Waals surface area contributed by atoms with Crippen molar-refractivity contribution in [3.8, 4) is 11.1 Å². The Morgan fingerprint density at radius 1 is 0.857 bits per heavy atom. The monoisotopic (exact) mass is 470 g/mol. The molecule has 1 saturated heterocycles. The second-order valence-electron chi connectivity index (χ2n) is 8.55. The molecule has 0 aromatic heterocycles. The van der Waals surface area contributed by atoms with E-state index < -0.39 is 35.8 Å². The molecule has 0 bridgehead atoms. The first-order valence-electron chi connectivity index (χ1n) is 11.3. The van der Waals surface area contributed by atoms with Gasteiger partial charge in [-0.15, -0.1) is 0 Å². The molecule has 3 N–H and O–H groups in total. The second-order valence-corrected chi connectivity index (χ2v) is 8.55. The lowest BCUT2D eigenvalue weighted by Gasteiger charge is -2.21. The van der Waals surface area contributed by atoms with Gasteiger partial charge in [-0.05, 0) is 48.6 Å². The van der Waals surface area contributed by atoms with Gasteiger partial charge in [0, 0.05) is 5.56 Å². The number of nitrogens with zero attached hydrogens (tertiary/aromatic N) is 1. The van der Waals surface area contributed by atoms with Gasteiger partial charge in [0.15, 0.2) is 0 Å². The lowest BCUT2D eigenvalue weighted by molar-refractivity contribution is -0.138. The molecule has 5 amide bonds. The summed E-state index contributed by atoms with van der Waals surface area (Å²) in [5.41, 5.74) is 4.58. The van der Waals surface area contributed by atoms with Crippen molar-refractivity contribution < 1.29 is 19.2 Å². The predicted octanol–water partition coefficient (Wildman–Crippen LogP) is 3.06. The van der Waals surface area contributed by atoms with E-state index in [2.05, 4.69) is 16.1 Å². The smallest absolute Gasteiger partial charge is 0.343 e. The summed E-state index contributed by atoms with van der Waals surface area (Å²) >= 11 is 0. The number of aryl methyl sites for hydroxylation is 1. The number of carbonyl (C=O) groups is 4. The molecule has 1 fully saturated rings. The highest BCUT2D eigenvalue weighted by molar-refractivity contribution is 6.08. The van der Waals surface area contributed by atoms with Crippen LogP contribution in [-0.4, -0.2) is 40.8 Å². The van der Waals surface area contributed by atoms with Crippen LogP contribution in [0.25, 0.3) is 11.1 Å². The highest BCUT2D eigenvalue weighted by Crippen LogP contribution is 2.22. The molecule has 1 aliphatic rings. The van der Waals surface area contributed by atoms with Crippen LogP contribution in [0.2, 0.25) is 0 Å². The molecule has 0 unspecified atom stereocenters. The van der Waals surface area contributed by atoms with Gasteiger partial charge in [0.2, 0.25) is 0 Å². The number of hydrogen-bond acceptors (Lipinski definition) is 4. The van der Waals surface area contributed by atoms with Gasteiger partial charge in [0.25, 0.3) is 17.7 Å². The van der Waals surface area contributed by atoms with Crippen LogP contribution in [0.4, 0.5) is 4.79 Å². The molecule has 178 valence electrons. The van der Waals surface area contributed by atoms with E-state index in [4.69, 9.17) is 0 Å². The Hall–Kier alpha value is -4.46. The molecule has 8 heteroatoms. The fourth-order valence-electron chi connectivity index (χ4n) is 3.87. The third-order valence-corrected chi connectivity index (χ3v) is 5.92. The normalized spacial score (nSPS) is 17.1. The van der Waals surface area contributed by atoms with Crippen LogP contribution < -0.4 is 16.1 Å². The summed E-state index contributed by atoms with van der Waals surface area (Å²) in [6, 6.07) is 25.7. The fraction of sp³-hybridized carbons (Fsp3) is 0.185. The summed E-state index contributed by atoms with van der Waals surface area (Å²) in [5, 5.41) is 5.83. The van der Waals surface area contributed by atoms with E-state index in [1.807, 2.05) is 72.8 Å². The zero-order chi connectivity index (χ0) is 24.8. The molecule has 0 aliphatic carbocycles. The van der Waals surface area contributed by atoms with Crippen LogP contribution in [0.5, 0.6) is 0 Å². The minimum absolute atomic E-state index is 0.379. The molecular weight excluding hydrogens is 444 g/mol. The number of nitrogens with one attached hydrogen (secondary N) is 3. The van der Waals surface area contributed by atoms with Gasteiger partial charge in [-0.25, -0.2) is 4.79 Å². The van der Waals surface area contributed by atoms with Crippen molar-refractivity contribution in [3.05, 3.63) is 96.1 Å². The van der Waals surface area contributed by atoms with Crippen LogP contribution in [0.15, 0.2) is 84.9 Å². The van der Waals surface area contributed by atoms with E-state index in [0.29, 0.717) is 23.4 Å². The predicted molar refractivity (Wildman–Crippen MR) is 131 cm³/mol. The van der Waals surface area contributed by atoms with Gasteiger partial charge in [0.05, 0.1) is 6.54 Å². The zero-order valence-corrected chi connectivity index (χ0v) is 19.3. The number of hydrazine groups is 1. The number of rotatable bonds is 8. The van der Waals surface area contributed by atoms with Crippen molar-refractivity contribution in [3.63, 3.8) is 0 Å². The molecule has 1 heterocycles. The van der Waals surface area contributed by atoms with Crippen molar-refractivity contribution in [1.82, 2.24) is 21.1 Å². The largest absolute Gasteiger partial charge is 0.344 e. The first-order valence-corrected chi connectivity index (χ1v) is 11.3. The Bertz CT molecular complexity index is 1230. The molecule has 4 rings (SSSR count). The van der Waals surface area contributed by atoms with E-state index in [-0.39, 0.29) is 0 Å². The molecule has 35 heavy (non-hydrogen) atoms. The maximum atomic E-state index is 12.8. The van der Waals surface area contributed by atoms with Crippen molar-refractivity contribution in [2.45, 2.75) is 25.3 Å². The summed E-state index contributed by atoms with van der Waals surface area (Å²) in [4.78, 5) is 50.0. The Morgan fingerprint density at radius 2 is 1.46 bits per heavy atom. The zero-order valence-electron chi connectivity index (χ0n) is 19.3. The summed E-state index contributed by atoms with van der Waals surface area (Å²) in [6.07, 6.45) is 0.966. The fourth-order valence-corrected chi connectivity index (χ4v) is 3.87. The number of amides is 5. The molecule has 1 aliphatic heterocycles. The molecule has 8 nitrogen and oxygen atoms in total. The molecule has 0 spiro atoms. The number of hydrogen-bond donors (Lipinski definition) is 3.